The molecule has 50 heavy (non-hydrogen) atoms. The number of carbonyl (C=O) groups excluding carboxylic acids is 2. The summed E-state index contributed by atoms with van der Waals surface area (Å²) in [6, 6.07) is 16.4. The fourth-order valence-electron chi connectivity index (χ4n) is 6.02. The van der Waals surface area contributed by atoms with E-state index in [1.165, 1.54) is 21.7 Å². The smallest absolute Gasteiger partial charge is 0.407 e. The maximum absolute atomic E-state index is 13.8. The van der Waals surface area contributed by atoms with Gasteiger partial charge in [-0.1, -0.05) is 42.5 Å². The number of ether oxygens (including phenoxy) is 5. The number of methoxy groups -OCH3 is 1. The summed E-state index contributed by atoms with van der Waals surface area (Å²) in [5, 5.41) is 17.5. The van der Waals surface area contributed by atoms with Gasteiger partial charge in [-0.25, -0.2) is 9.59 Å². The first-order valence-electron chi connectivity index (χ1n) is 16.4. The Balaban J connectivity index is 1.28. The van der Waals surface area contributed by atoms with Crippen molar-refractivity contribution in [3.63, 3.8) is 0 Å². The molecule has 15 nitrogen and oxygen atoms in total. The summed E-state index contributed by atoms with van der Waals surface area (Å²) >= 11 is 0. The Hall–Kier alpha value is -4.54. The molecule has 5 rings (SSSR count). The molecule has 2 aliphatic heterocycles. The topological polar surface area (TPSA) is 172 Å². The second-order valence-electron chi connectivity index (χ2n) is 12.8. The molecular formula is C35H45N5O10. The van der Waals surface area contributed by atoms with Crippen LogP contribution in [0.25, 0.3) is 0 Å². The zero-order valence-electron chi connectivity index (χ0n) is 28.8. The minimum absolute atomic E-state index is 0.00115. The van der Waals surface area contributed by atoms with Gasteiger partial charge in [-0.2, -0.15) is 0 Å². The molecule has 3 heterocycles. The SMILES string of the molecule is COc1ccc(Cn2c(=O)ccn([C@@H]3O[C@H]([C@H](O)[C@H](NCCCNC(=O)OCc4ccccc4)C(=O)N(C)C)[C@H]4OC(C)(C)O[C@H]43)c2=O)cc1. The molecule has 1 aromatic heterocycles. The summed E-state index contributed by atoms with van der Waals surface area (Å²) in [6.07, 6.45) is -4.16. The predicted octanol–water partition coefficient (Wildman–Crippen LogP) is 1.21. The average Bonchev–Trinajstić information content (AvgIpc) is 3.60. The normalized spacial score (nSPS) is 22.0. The summed E-state index contributed by atoms with van der Waals surface area (Å²) in [7, 11) is 4.68. The fourth-order valence-corrected chi connectivity index (χ4v) is 6.02. The summed E-state index contributed by atoms with van der Waals surface area (Å²) in [5.41, 5.74) is 0.423. The molecule has 0 saturated carbocycles. The highest BCUT2D eigenvalue weighted by Crippen LogP contribution is 2.44. The number of fused-ring (bicyclic) bond motifs is 1. The Kier molecular flexibility index (Phi) is 11.8. The van der Waals surface area contributed by atoms with Gasteiger partial charge in [0.15, 0.2) is 12.0 Å². The van der Waals surface area contributed by atoms with E-state index in [2.05, 4.69) is 10.6 Å². The molecule has 3 N–H and O–H groups in total. The molecule has 0 unspecified atom stereocenters. The Morgan fingerprint density at radius 1 is 0.980 bits per heavy atom. The van der Waals surface area contributed by atoms with E-state index in [1.54, 1.807) is 59.3 Å². The van der Waals surface area contributed by atoms with E-state index in [1.807, 2.05) is 30.3 Å². The van der Waals surface area contributed by atoms with Gasteiger partial charge in [0.05, 0.1) is 13.7 Å². The lowest BCUT2D eigenvalue weighted by Gasteiger charge is -2.32. The third kappa shape index (κ3) is 8.60. The molecule has 2 fully saturated rings. The van der Waals surface area contributed by atoms with Crippen LogP contribution < -0.4 is 26.6 Å². The quantitative estimate of drug-likeness (QED) is 0.207. The highest BCUT2D eigenvalue weighted by atomic mass is 16.8. The molecule has 0 spiro atoms. The highest BCUT2D eigenvalue weighted by Gasteiger charge is 2.59. The number of hydrogen-bond donors (Lipinski definition) is 3. The number of nitrogens with zero attached hydrogens (tertiary/aromatic N) is 3. The molecule has 6 atom stereocenters. The molecule has 2 aliphatic rings. The number of amides is 2. The number of alkyl carbamates (subject to hydrolysis) is 1. The van der Waals surface area contributed by atoms with E-state index in [0.717, 1.165) is 10.1 Å². The lowest BCUT2D eigenvalue weighted by atomic mass is 9.98. The predicted molar refractivity (Wildman–Crippen MR) is 181 cm³/mol. The third-order valence-electron chi connectivity index (χ3n) is 8.52. The zero-order valence-corrected chi connectivity index (χ0v) is 28.8. The largest absolute Gasteiger partial charge is 0.497 e. The molecular weight excluding hydrogens is 650 g/mol. The van der Waals surface area contributed by atoms with Crippen molar-refractivity contribution in [3.8, 4) is 5.75 Å². The van der Waals surface area contributed by atoms with Crippen molar-refractivity contribution in [2.24, 2.45) is 0 Å². The van der Waals surface area contributed by atoms with Gasteiger partial charge in [0, 0.05) is 32.9 Å². The van der Waals surface area contributed by atoms with Crippen LogP contribution in [0.3, 0.4) is 0 Å². The van der Waals surface area contributed by atoms with Gasteiger partial charge in [0.1, 0.15) is 42.8 Å². The van der Waals surface area contributed by atoms with E-state index in [-0.39, 0.29) is 26.2 Å². The molecule has 0 aliphatic carbocycles. The van der Waals surface area contributed by atoms with Gasteiger partial charge in [-0.05, 0) is 50.1 Å². The van der Waals surface area contributed by atoms with Gasteiger partial charge < -0.3 is 44.3 Å². The summed E-state index contributed by atoms with van der Waals surface area (Å²) in [6.45, 7) is 4.06. The van der Waals surface area contributed by atoms with Crippen LogP contribution in [0.4, 0.5) is 4.79 Å². The molecule has 3 aromatic rings. The lowest BCUT2D eigenvalue weighted by Crippen LogP contribution is -2.57. The van der Waals surface area contributed by atoms with Crippen LogP contribution >= 0.6 is 0 Å². The van der Waals surface area contributed by atoms with E-state index >= 15 is 0 Å². The summed E-state index contributed by atoms with van der Waals surface area (Å²) in [4.78, 5) is 53.4. The number of aromatic nitrogens is 2. The average molecular weight is 696 g/mol. The molecule has 2 aromatic carbocycles. The fraction of sp³-hybridized carbons (Fsp3) is 0.486. The van der Waals surface area contributed by atoms with Crippen molar-refractivity contribution in [1.82, 2.24) is 24.7 Å². The van der Waals surface area contributed by atoms with Gasteiger partial charge in [0.2, 0.25) is 5.91 Å². The Labute approximate surface area is 289 Å². The number of aliphatic hydroxyl groups excluding tert-OH is 1. The second-order valence-corrected chi connectivity index (χ2v) is 12.8. The van der Waals surface area contributed by atoms with Crippen LogP contribution in [0.15, 0.2) is 76.4 Å². The molecule has 0 radical (unpaired) electrons. The Morgan fingerprint density at radius 3 is 2.36 bits per heavy atom. The maximum Gasteiger partial charge on any atom is 0.407 e. The second kappa shape index (κ2) is 16.0. The molecule has 2 saturated heterocycles. The number of rotatable bonds is 14. The zero-order chi connectivity index (χ0) is 36.0. The minimum atomic E-state index is -1.44. The first-order chi connectivity index (χ1) is 23.9. The van der Waals surface area contributed by atoms with Crippen LogP contribution in [-0.2, 0) is 36.9 Å². The number of aliphatic hydroxyl groups is 1. The Morgan fingerprint density at radius 2 is 1.68 bits per heavy atom. The van der Waals surface area contributed by atoms with Crippen molar-refractivity contribution in [2.45, 2.75) is 75.9 Å². The van der Waals surface area contributed by atoms with Crippen molar-refractivity contribution in [3.05, 3.63) is 98.8 Å². The van der Waals surface area contributed by atoms with Crippen molar-refractivity contribution >= 4 is 12.0 Å². The van der Waals surface area contributed by atoms with Crippen LogP contribution in [0, 0.1) is 0 Å². The first-order valence-corrected chi connectivity index (χ1v) is 16.4. The highest BCUT2D eigenvalue weighted by molar-refractivity contribution is 5.82. The number of carbonyl (C=O) groups is 2. The van der Waals surface area contributed by atoms with Gasteiger partial charge in [0.25, 0.3) is 5.56 Å². The lowest BCUT2D eigenvalue weighted by molar-refractivity contribution is -0.210. The maximum atomic E-state index is 13.8. The summed E-state index contributed by atoms with van der Waals surface area (Å²) in [5.74, 6) is -0.870. The number of nitrogens with one attached hydrogen (secondary N) is 2. The molecule has 2 amide bonds. The number of hydrogen-bond acceptors (Lipinski definition) is 11. The van der Waals surface area contributed by atoms with E-state index in [4.69, 9.17) is 23.7 Å². The van der Waals surface area contributed by atoms with Crippen molar-refractivity contribution in [2.75, 3.05) is 34.3 Å². The van der Waals surface area contributed by atoms with Crippen LogP contribution in [0.5, 0.6) is 5.75 Å². The summed E-state index contributed by atoms with van der Waals surface area (Å²) < 4.78 is 31.4. The van der Waals surface area contributed by atoms with E-state index in [0.29, 0.717) is 17.7 Å². The Bertz CT molecular complexity index is 1730. The minimum Gasteiger partial charge on any atom is -0.497 e. The molecule has 0 bridgehead atoms. The van der Waals surface area contributed by atoms with Crippen molar-refractivity contribution < 1.29 is 38.4 Å². The molecule has 15 heteroatoms. The number of benzene rings is 2. The van der Waals surface area contributed by atoms with Crippen LogP contribution in [0.2, 0.25) is 0 Å². The van der Waals surface area contributed by atoms with Gasteiger partial charge in [-0.3, -0.25) is 18.7 Å². The standard InChI is InChI=1S/C35H45N5O10/c1-35(2)49-29-28(27(42)26(31(43)38(3)4)36-17-9-18-37-33(44)47-21-23-10-7-6-8-11-23)48-32(30(29)50-35)39-19-16-25(41)40(34(39)45)20-22-12-14-24(46-5)15-13-22/h6-8,10-16,19,26-30,32,36,42H,9,17-18,20-21H2,1-5H3,(H,37,44)/t26-,27+,28+,29+,30+,32+/m0/s1. The monoisotopic (exact) mass is 695 g/mol. The van der Waals surface area contributed by atoms with E-state index in [9.17, 15) is 24.3 Å². The number of likely N-dealkylation sites (N-methyl/N-ethyl adjacent to an activating group) is 1. The third-order valence-corrected chi connectivity index (χ3v) is 8.52. The van der Waals surface area contributed by atoms with Crippen LogP contribution in [0.1, 0.15) is 37.6 Å². The van der Waals surface area contributed by atoms with Crippen molar-refractivity contribution in [1.29, 1.82) is 0 Å². The first kappa shape index (κ1) is 36.7. The van der Waals surface area contributed by atoms with Gasteiger partial charge in [-0.15, -0.1) is 0 Å². The van der Waals surface area contributed by atoms with Crippen LogP contribution in [-0.4, -0.2) is 102 Å². The van der Waals surface area contributed by atoms with Gasteiger partial charge >= 0.3 is 11.8 Å². The molecule has 270 valence electrons. The van der Waals surface area contributed by atoms with E-state index < -0.39 is 65.7 Å².